The number of carbonyl (C=O) groups is 1. The molecule has 1 saturated heterocycles. The van der Waals surface area contributed by atoms with E-state index in [9.17, 15) is 13.2 Å². The molecule has 8 nitrogen and oxygen atoms in total. The molecule has 29 heavy (non-hydrogen) atoms. The van der Waals surface area contributed by atoms with E-state index in [0.29, 0.717) is 24.5 Å². The zero-order valence-electron chi connectivity index (χ0n) is 15.7. The molecule has 0 bridgehead atoms. The van der Waals surface area contributed by atoms with Gasteiger partial charge in [0.1, 0.15) is 0 Å². The average molecular weight is 413 g/mol. The Labute approximate surface area is 168 Å². The fraction of sp³-hybridized carbons (Fsp3) is 0.250. The highest BCUT2D eigenvalue weighted by atomic mass is 32.2. The number of rotatable bonds is 5. The van der Waals surface area contributed by atoms with Gasteiger partial charge in [-0.3, -0.25) is 4.31 Å². The van der Waals surface area contributed by atoms with Gasteiger partial charge < -0.3 is 9.26 Å². The second-order valence-corrected chi connectivity index (χ2v) is 8.71. The van der Waals surface area contributed by atoms with Crippen LogP contribution in [0.3, 0.4) is 0 Å². The quantitative estimate of drug-likeness (QED) is 0.593. The zero-order valence-corrected chi connectivity index (χ0v) is 16.6. The number of benzene rings is 2. The van der Waals surface area contributed by atoms with Crippen molar-refractivity contribution in [3.8, 4) is 11.4 Å². The Balaban J connectivity index is 1.44. The second-order valence-electron chi connectivity index (χ2n) is 6.69. The Morgan fingerprint density at radius 3 is 2.79 bits per heavy atom. The lowest BCUT2D eigenvalue weighted by Crippen LogP contribution is -2.25. The summed E-state index contributed by atoms with van der Waals surface area (Å²) in [5.41, 5.74) is 2.55. The predicted molar refractivity (Wildman–Crippen MR) is 106 cm³/mol. The highest BCUT2D eigenvalue weighted by molar-refractivity contribution is 7.93. The first-order valence-corrected chi connectivity index (χ1v) is 10.7. The molecule has 0 amide bonds. The van der Waals surface area contributed by atoms with Gasteiger partial charge in [0.25, 0.3) is 5.89 Å². The van der Waals surface area contributed by atoms with Crippen LogP contribution in [0.1, 0.15) is 28.2 Å². The summed E-state index contributed by atoms with van der Waals surface area (Å²) in [7, 11) is -3.32. The van der Waals surface area contributed by atoms with Crippen molar-refractivity contribution in [1.82, 2.24) is 10.1 Å². The van der Waals surface area contributed by atoms with Gasteiger partial charge in [-0.2, -0.15) is 4.98 Å². The monoisotopic (exact) mass is 413 g/mol. The van der Waals surface area contributed by atoms with Crippen LogP contribution < -0.4 is 4.31 Å². The third-order valence-electron chi connectivity index (χ3n) is 4.65. The topological polar surface area (TPSA) is 103 Å². The first-order valence-electron chi connectivity index (χ1n) is 9.10. The maximum atomic E-state index is 12.4. The number of aromatic nitrogens is 2. The first-order chi connectivity index (χ1) is 13.9. The third-order valence-corrected chi connectivity index (χ3v) is 6.52. The minimum Gasteiger partial charge on any atom is -0.452 e. The lowest BCUT2D eigenvalue weighted by molar-refractivity contribution is 0.0430. The summed E-state index contributed by atoms with van der Waals surface area (Å²) < 4.78 is 35.9. The van der Waals surface area contributed by atoms with Crippen molar-refractivity contribution in [2.45, 2.75) is 20.0 Å². The molecule has 0 unspecified atom stereocenters. The number of hydrogen-bond acceptors (Lipinski definition) is 7. The summed E-state index contributed by atoms with van der Waals surface area (Å²) in [5.74, 6) is 0.117. The van der Waals surface area contributed by atoms with E-state index >= 15 is 0 Å². The first kappa shape index (κ1) is 19.1. The Kier molecular flexibility index (Phi) is 5.06. The number of carbonyl (C=O) groups excluding carboxylic acids is 1. The maximum absolute atomic E-state index is 12.4. The molecule has 2 aromatic carbocycles. The summed E-state index contributed by atoms with van der Waals surface area (Å²) in [6.45, 7) is 2.17. The number of esters is 1. The van der Waals surface area contributed by atoms with E-state index in [-0.39, 0.29) is 23.8 Å². The van der Waals surface area contributed by atoms with Crippen molar-refractivity contribution in [3.63, 3.8) is 0 Å². The van der Waals surface area contributed by atoms with Crippen molar-refractivity contribution in [2.75, 3.05) is 16.6 Å². The summed E-state index contributed by atoms with van der Waals surface area (Å²) in [5, 5.41) is 3.93. The second kappa shape index (κ2) is 7.67. The van der Waals surface area contributed by atoms with Gasteiger partial charge >= 0.3 is 5.97 Å². The van der Waals surface area contributed by atoms with Gasteiger partial charge in [0.15, 0.2) is 6.61 Å². The van der Waals surface area contributed by atoms with Gasteiger partial charge in [0.2, 0.25) is 15.8 Å². The van der Waals surface area contributed by atoms with E-state index in [1.165, 1.54) is 10.4 Å². The minimum absolute atomic E-state index is 0.113. The van der Waals surface area contributed by atoms with Crippen LogP contribution >= 0.6 is 0 Å². The number of hydrogen-bond donors (Lipinski definition) is 0. The van der Waals surface area contributed by atoms with Crippen LogP contribution in [0.25, 0.3) is 11.4 Å². The molecule has 4 rings (SSSR count). The van der Waals surface area contributed by atoms with Crippen molar-refractivity contribution in [3.05, 3.63) is 65.5 Å². The maximum Gasteiger partial charge on any atom is 0.338 e. The molecule has 1 aromatic heterocycles. The number of nitrogens with zero attached hydrogens (tertiary/aromatic N) is 3. The molecule has 1 fully saturated rings. The fourth-order valence-electron chi connectivity index (χ4n) is 3.17. The van der Waals surface area contributed by atoms with Crippen molar-refractivity contribution >= 4 is 21.7 Å². The fourth-order valence-corrected chi connectivity index (χ4v) is 4.73. The number of anilines is 1. The molecule has 0 aliphatic carbocycles. The van der Waals surface area contributed by atoms with Crippen LogP contribution in [-0.2, 0) is 21.4 Å². The Morgan fingerprint density at radius 2 is 2.03 bits per heavy atom. The average Bonchev–Trinajstić information content (AvgIpc) is 3.32. The van der Waals surface area contributed by atoms with Crippen LogP contribution in [0, 0.1) is 6.92 Å². The van der Waals surface area contributed by atoms with Crippen molar-refractivity contribution in [2.24, 2.45) is 0 Å². The standard InChI is InChI=1S/C20H19N3O5S/c1-14-6-2-3-9-17(14)19-21-18(28-22-19)13-27-20(24)15-7-4-8-16(12-15)23-10-5-11-29(23,25)26/h2-4,6-9,12H,5,10-11,13H2,1H3. The molecule has 0 N–H and O–H groups in total. The van der Waals surface area contributed by atoms with Crippen LogP contribution in [0.15, 0.2) is 53.1 Å². The van der Waals surface area contributed by atoms with Crippen LogP contribution in [0.4, 0.5) is 5.69 Å². The van der Waals surface area contributed by atoms with Crippen LogP contribution in [-0.4, -0.2) is 36.8 Å². The van der Waals surface area contributed by atoms with Crippen molar-refractivity contribution in [1.29, 1.82) is 0 Å². The van der Waals surface area contributed by atoms with Gasteiger partial charge in [-0.25, -0.2) is 13.2 Å². The molecule has 0 atom stereocenters. The van der Waals surface area contributed by atoms with Gasteiger partial charge in [0, 0.05) is 12.1 Å². The van der Waals surface area contributed by atoms with Gasteiger partial charge in [-0.15, -0.1) is 0 Å². The van der Waals surface area contributed by atoms with E-state index in [1.54, 1.807) is 18.2 Å². The van der Waals surface area contributed by atoms with Gasteiger partial charge in [0.05, 0.1) is 17.0 Å². The highest BCUT2D eigenvalue weighted by Gasteiger charge is 2.28. The summed E-state index contributed by atoms with van der Waals surface area (Å²) in [6.07, 6.45) is 0.567. The Bertz CT molecular complexity index is 1160. The third kappa shape index (κ3) is 4.00. The normalized spacial score (nSPS) is 15.4. The Hall–Kier alpha value is -3.20. The molecule has 2 heterocycles. The van der Waals surface area contributed by atoms with Crippen LogP contribution in [0.5, 0.6) is 0 Å². The SMILES string of the molecule is Cc1ccccc1-c1noc(COC(=O)c2cccc(N3CCCS3(=O)=O)c2)n1. The molecule has 1 aliphatic heterocycles. The number of sulfonamides is 1. The largest absolute Gasteiger partial charge is 0.452 e. The van der Waals surface area contributed by atoms with E-state index in [4.69, 9.17) is 9.26 Å². The number of aryl methyl sites for hydroxylation is 1. The lowest BCUT2D eigenvalue weighted by atomic mass is 10.1. The Morgan fingerprint density at radius 1 is 1.21 bits per heavy atom. The minimum atomic E-state index is -3.32. The highest BCUT2D eigenvalue weighted by Crippen LogP contribution is 2.25. The summed E-state index contributed by atoms with van der Waals surface area (Å²) in [4.78, 5) is 16.7. The molecule has 9 heteroatoms. The lowest BCUT2D eigenvalue weighted by Gasteiger charge is -2.17. The number of ether oxygens (including phenoxy) is 1. The molecule has 0 radical (unpaired) electrons. The zero-order chi connectivity index (χ0) is 20.4. The van der Waals surface area contributed by atoms with Gasteiger partial charge in [-0.1, -0.05) is 35.5 Å². The summed E-state index contributed by atoms with van der Waals surface area (Å²) in [6, 6.07) is 14.0. The molecular formula is C20H19N3O5S. The molecule has 1 aliphatic rings. The molecular weight excluding hydrogens is 394 g/mol. The molecule has 0 spiro atoms. The van der Waals surface area contributed by atoms with E-state index in [0.717, 1.165) is 11.1 Å². The summed E-state index contributed by atoms with van der Waals surface area (Å²) >= 11 is 0. The van der Waals surface area contributed by atoms with E-state index in [1.807, 2.05) is 31.2 Å². The molecule has 3 aromatic rings. The van der Waals surface area contributed by atoms with Crippen LogP contribution in [0.2, 0.25) is 0 Å². The molecule has 150 valence electrons. The molecule has 0 saturated carbocycles. The predicted octanol–water partition coefficient (Wildman–Crippen LogP) is 2.94. The van der Waals surface area contributed by atoms with E-state index in [2.05, 4.69) is 10.1 Å². The smallest absolute Gasteiger partial charge is 0.338 e. The van der Waals surface area contributed by atoms with E-state index < -0.39 is 16.0 Å². The van der Waals surface area contributed by atoms with Gasteiger partial charge in [-0.05, 0) is 37.1 Å². The van der Waals surface area contributed by atoms with Crippen molar-refractivity contribution < 1.29 is 22.5 Å².